The Labute approximate surface area is 142 Å². The van der Waals surface area contributed by atoms with Gasteiger partial charge in [-0.3, -0.25) is 4.90 Å². The zero-order valence-corrected chi connectivity index (χ0v) is 14.2. The fraction of sp³-hybridized carbons (Fsp3) is 0.353. The molecule has 1 atom stereocenters. The number of piperazine rings is 1. The van der Waals surface area contributed by atoms with Gasteiger partial charge in [0.05, 0.1) is 0 Å². The second-order valence-electron chi connectivity index (χ2n) is 5.92. The maximum atomic E-state index is 12.7. The highest BCUT2D eigenvalue weighted by Gasteiger charge is 2.35. The van der Waals surface area contributed by atoms with E-state index in [-0.39, 0.29) is 16.9 Å². The fourth-order valence-electron chi connectivity index (χ4n) is 2.99. The van der Waals surface area contributed by atoms with Gasteiger partial charge >= 0.3 is 0 Å². The summed E-state index contributed by atoms with van der Waals surface area (Å²) < 4.78 is 32.0. The second-order valence-corrected chi connectivity index (χ2v) is 7.74. The minimum Gasteiger partial charge on any atom is -0.433 e. The quantitative estimate of drug-likeness (QED) is 0.847. The molecule has 1 aromatic carbocycles. The number of nitrogens with zero attached hydrogens (tertiary/aromatic N) is 3. The van der Waals surface area contributed by atoms with Crippen LogP contribution in [0.2, 0.25) is 0 Å². The molecule has 1 saturated heterocycles. The summed E-state index contributed by atoms with van der Waals surface area (Å²) in [4.78, 5) is 2.24. The third kappa shape index (κ3) is 3.36. The van der Waals surface area contributed by atoms with E-state index in [0.717, 1.165) is 6.54 Å². The van der Waals surface area contributed by atoms with Crippen LogP contribution in [0.15, 0.2) is 52.0 Å². The zero-order valence-electron chi connectivity index (χ0n) is 13.4. The van der Waals surface area contributed by atoms with E-state index in [1.54, 1.807) is 0 Å². The SMILES string of the molecule is C[C@@H]1CN(Cc2ccccc2)CCN1S(=O)(=O)c1ccc(C#N)o1. The highest BCUT2D eigenvalue weighted by Crippen LogP contribution is 2.23. The summed E-state index contributed by atoms with van der Waals surface area (Å²) >= 11 is 0. The maximum absolute atomic E-state index is 12.7. The summed E-state index contributed by atoms with van der Waals surface area (Å²) in [7, 11) is -3.71. The number of hydrogen-bond acceptors (Lipinski definition) is 5. The van der Waals surface area contributed by atoms with E-state index in [1.807, 2.05) is 31.2 Å². The van der Waals surface area contributed by atoms with Crippen LogP contribution < -0.4 is 0 Å². The van der Waals surface area contributed by atoms with E-state index in [2.05, 4.69) is 17.0 Å². The van der Waals surface area contributed by atoms with Crippen LogP contribution in [0, 0.1) is 11.3 Å². The molecule has 0 amide bonds. The summed E-state index contributed by atoms with van der Waals surface area (Å²) in [6, 6.07) is 14.5. The Morgan fingerprint density at radius 1 is 1.21 bits per heavy atom. The standard InChI is InChI=1S/C17H19N3O3S/c1-14-12-19(13-15-5-3-2-4-6-15)9-10-20(14)24(21,22)17-8-7-16(11-18)23-17/h2-8,14H,9-10,12-13H2,1H3/t14-/m1/s1. The minimum absolute atomic E-state index is 0.00365. The van der Waals surface area contributed by atoms with E-state index in [4.69, 9.17) is 9.68 Å². The number of furan rings is 1. The molecule has 3 rings (SSSR count). The first kappa shape index (κ1) is 16.7. The van der Waals surface area contributed by atoms with Gasteiger partial charge in [-0.25, -0.2) is 8.42 Å². The lowest BCUT2D eigenvalue weighted by atomic mass is 10.1. The molecule has 1 aliphatic rings. The molecule has 2 heterocycles. The lowest BCUT2D eigenvalue weighted by Crippen LogP contribution is -2.53. The third-order valence-corrected chi connectivity index (χ3v) is 6.04. The van der Waals surface area contributed by atoms with Gasteiger partial charge < -0.3 is 4.42 Å². The van der Waals surface area contributed by atoms with Crippen LogP contribution in [0.5, 0.6) is 0 Å². The molecule has 1 aromatic heterocycles. The first-order valence-electron chi connectivity index (χ1n) is 7.79. The predicted octanol–water partition coefficient (Wildman–Crippen LogP) is 2.05. The summed E-state index contributed by atoms with van der Waals surface area (Å²) in [5, 5.41) is 8.63. The molecule has 1 aliphatic heterocycles. The van der Waals surface area contributed by atoms with Gasteiger partial charge in [0.15, 0.2) is 0 Å². The van der Waals surface area contributed by atoms with E-state index in [1.165, 1.54) is 22.0 Å². The Kier molecular flexibility index (Phi) is 4.71. The van der Waals surface area contributed by atoms with Crippen LogP contribution in [0.25, 0.3) is 0 Å². The number of sulfonamides is 1. The Bertz CT molecular complexity index is 839. The van der Waals surface area contributed by atoms with Gasteiger partial charge in [0.25, 0.3) is 10.0 Å². The van der Waals surface area contributed by atoms with Gasteiger partial charge in [0.1, 0.15) is 6.07 Å². The number of benzene rings is 1. The normalized spacial score (nSPS) is 19.9. The Morgan fingerprint density at radius 2 is 1.96 bits per heavy atom. The lowest BCUT2D eigenvalue weighted by molar-refractivity contribution is 0.136. The molecule has 24 heavy (non-hydrogen) atoms. The molecular formula is C17H19N3O3S. The second kappa shape index (κ2) is 6.77. The highest BCUT2D eigenvalue weighted by molar-refractivity contribution is 7.89. The van der Waals surface area contributed by atoms with Crippen LogP contribution in [-0.2, 0) is 16.6 Å². The van der Waals surface area contributed by atoms with Crippen LogP contribution in [0.1, 0.15) is 18.2 Å². The number of rotatable bonds is 4. The third-order valence-electron chi connectivity index (χ3n) is 4.15. The molecule has 0 saturated carbocycles. The average Bonchev–Trinajstić information content (AvgIpc) is 3.05. The minimum atomic E-state index is -3.71. The largest absolute Gasteiger partial charge is 0.433 e. The van der Waals surface area contributed by atoms with Crippen molar-refractivity contribution < 1.29 is 12.8 Å². The monoisotopic (exact) mass is 345 g/mol. The molecule has 0 spiro atoms. The molecule has 1 fully saturated rings. The van der Waals surface area contributed by atoms with Gasteiger partial charge in [-0.2, -0.15) is 9.57 Å². The fourth-order valence-corrected chi connectivity index (χ4v) is 4.52. The van der Waals surface area contributed by atoms with Gasteiger partial charge in [-0.15, -0.1) is 0 Å². The van der Waals surface area contributed by atoms with Gasteiger partial charge in [-0.1, -0.05) is 30.3 Å². The van der Waals surface area contributed by atoms with E-state index in [0.29, 0.717) is 19.6 Å². The topological polar surface area (TPSA) is 77.5 Å². The first-order valence-corrected chi connectivity index (χ1v) is 9.23. The zero-order chi connectivity index (χ0) is 17.2. The predicted molar refractivity (Wildman–Crippen MR) is 88.5 cm³/mol. The molecule has 7 heteroatoms. The average molecular weight is 345 g/mol. The first-order chi connectivity index (χ1) is 11.5. The summed E-state index contributed by atoms with van der Waals surface area (Å²) in [6.07, 6.45) is 0. The molecule has 0 unspecified atom stereocenters. The Hall–Kier alpha value is -2.14. The smallest absolute Gasteiger partial charge is 0.276 e. The van der Waals surface area contributed by atoms with Gasteiger partial charge in [-0.05, 0) is 24.6 Å². The number of nitriles is 1. The van der Waals surface area contributed by atoms with Crippen LogP contribution in [0.3, 0.4) is 0 Å². The molecule has 0 N–H and O–H groups in total. The van der Waals surface area contributed by atoms with Crippen molar-refractivity contribution in [1.29, 1.82) is 5.26 Å². The lowest BCUT2D eigenvalue weighted by Gasteiger charge is -2.38. The van der Waals surface area contributed by atoms with Crippen molar-refractivity contribution in [1.82, 2.24) is 9.21 Å². The molecule has 6 nitrogen and oxygen atoms in total. The number of hydrogen-bond donors (Lipinski definition) is 0. The molecular weight excluding hydrogens is 326 g/mol. The van der Waals surface area contributed by atoms with Gasteiger partial charge in [0.2, 0.25) is 10.9 Å². The van der Waals surface area contributed by atoms with Crippen molar-refractivity contribution in [2.24, 2.45) is 0 Å². The van der Waals surface area contributed by atoms with Crippen molar-refractivity contribution in [3.8, 4) is 6.07 Å². The van der Waals surface area contributed by atoms with Crippen LogP contribution in [0.4, 0.5) is 0 Å². The van der Waals surface area contributed by atoms with Crippen molar-refractivity contribution in [3.63, 3.8) is 0 Å². The molecule has 0 bridgehead atoms. The van der Waals surface area contributed by atoms with E-state index >= 15 is 0 Å². The van der Waals surface area contributed by atoms with Gasteiger partial charge in [0, 0.05) is 32.2 Å². The highest BCUT2D eigenvalue weighted by atomic mass is 32.2. The summed E-state index contributed by atoms with van der Waals surface area (Å²) in [5.74, 6) is 0.00365. The maximum Gasteiger partial charge on any atom is 0.276 e. The molecule has 2 aromatic rings. The van der Waals surface area contributed by atoms with Crippen molar-refractivity contribution in [3.05, 3.63) is 53.8 Å². The Morgan fingerprint density at radius 3 is 2.58 bits per heavy atom. The van der Waals surface area contributed by atoms with E-state index in [9.17, 15) is 8.42 Å². The molecule has 126 valence electrons. The Balaban J connectivity index is 1.70. The molecule has 0 radical (unpaired) electrons. The van der Waals surface area contributed by atoms with Crippen LogP contribution >= 0.6 is 0 Å². The van der Waals surface area contributed by atoms with Crippen molar-refractivity contribution in [2.75, 3.05) is 19.6 Å². The van der Waals surface area contributed by atoms with Crippen molar-refractivity contribution >= 4 is 10.0 Å². The van der Waals surface area contributed by atoms with Crippen LogP contribution in [-0.4, -0.2) is 43.3 Å². The summed E-state index contributed by atoms with van der Waals surface area (Å²) in [6.45, 7) is 4.41. The van der Waals surface area contributed by atoms with Crippen molar-refractivity contribution in [2.45, 2.75) is 24.6 Å². The van der Waals surface area contributed by atoms with E-state index < -0.39 is 10.0 Å². The molecule has 0 aliphatic carbocycles. The summed E-state index contributed by atoms with van der Waals surface area (Å²) in [5.41, 5.74) is 1.21.